The number of nitrogens with zero attached hydrogens (tertiary/aromatic N) is 1. The second-order valence-electron chi connectivity index (χ2n) is 6.66. The predicted octanol–water partition coefficient (Wildman–Crippen LogP) is 3.52. The van der Waals surface area contributed by atoms with Gasteiger partial charge in [-0.25, -0.2) is 4.79 Å². The summed E-state index contributed by atoms with van der Waals surface area (Å²) in [5.74, 6) is 0.435. The Hall–Kier alpha value is -1.72. The van der Waals surface area contributed by atoms with Gasteiger partial charge in [0, 0.05) is 10.4 Å². The zero-order valence-corrected chi connectivity index (χ0v) is 13.5. The summed E-state index contributed by atoms with van der Waals surface area (Å²) in [5, 5.41) is 12.0. The summed E-state index contributed by atoms with van der Waals surface area (Å²) in [4.78, 5) is 13.4. The summed E-state index contributed by atoms with van der Waals surface area (Å²) in [6, 6.07) is 7.02. The highest BCUT2D eigenvalue weighted by Crippen LogP contribution is 2.36. The molecule has 22 heavy (non-hydrogen) atoms. The molecule has 0 radical (unpaired) electrons. The van der Waals surface area contributed by atoms with Crippen LogP contribution in [0.3, 0.4) is 0 Å². The van der Waals surface area contributed by atoms with Crippen molar-refractivity contribution in [2.24, 2.45) is 0 Å². The molecular formula is C16H18ClNO4. The number of carbonyl (C=O) groups excluding carboxylic acids is 1. The number of hydrogen-bond donors (Lipinski definition) is 1. The third kappa shape index (κ3) is 2.78. The highest BCUT2D eigenvalue weighted by atomic mass is 35.5. The smallest absolute Gasteiger partial charge is 0.410 e. The fourth-order valence-electron chi connectivity index (χ4n) is 2.44. The van der Waals surface area contributed by atoms with Crippen molar-refractivity contribution in [2.45, 2.75) is 32.0 Å². The molecule has 1 saturated heterocycles. The molecule has 0 unspecified atom stereocenters. The zero-order chi connectivity index (χ0) is 16.1. The van der Waals surface area contributed by atoms with E-state index in [2.05, 4.69) is 0 Å². The predicted molar refractivity (Wildman–Crippen MR) is 82.9 cm³/mol. The number of benzene rings is 1. The van der Waals surface area contributed by atoms with E-state index in [0.717, 1.165) is 5.39 Å². The Morgan fingerprint density at radius 3 is 2.68 bits per heavy atom. The van der Waals surface area contributed by atoms with Crippen LogP contribution < -0.4 is 0 Å². The molecule has 0 saturated carbocycles. The molecule has 0 atom stereocenters. The standard InChI is InChI=1S/C16H18ClNO4/c1-15(2,3)22-14(19)18-8-16(20,9-18)13-7-10-6-11(17)4-5-12(10)21-13/h4-7,20H,8-9H2,1-3H3. The van der Waals surface area contributed by atoms with Crippen LogP contribution in [0, 0.1) is 0 Å². The normalized spacial score (nSPS) is 17.4. The van der Waals surface area contributed by atoms with Crippen LogP contribution in [0.4, 0.5) is 4.79 Å². The van der Waals surface area contributed by atoms with E-state index in [-0.39, 0.29) is 13.1 Å². The third-order valence-corrected chi connectivity index (χ3v) is 3.73. The average molecular weight is 324 g/mol. The van der Waals surface area contributed by atoms with Gasteiger partial charge in [0.1, 0.15) is 16.9 Å². The van der Waals surface area contributed by atoms with Gasteiger partial charge in [0.25, 0.3) is 0 Å². The molecule has 5 nitrogen and oxygen atoms in total. The van der Waals surface area contributed by atoms with E-state index in [1.165, 1.54) is 4.90 Å². The number of fused-ring (bicyclic) bond motifs is 1. The molecule has 1 amide bonds. The molecule has 3 rings (SSSR count). The Kier molecular flexibility index (Phi) is 3.38. The highest BCUT2D eigenvalue weighted by molar-refractivity contribution is 6.31. The minimum Gasteiger partial charge on any atom is -0.458 e. The number of rotatable bonds is 1. The van der Waals surface area contributed by atoms with Crippen LogP contribution in [0.2, 0.25) is 5.02 Å². The lowest BCUT2D eigenvalue weighted by Gasteiger charge is -2.44. The van der Waals surface area contributed by atoms with Gasteiger partial charge in [0.2, 0.25) is 0 Å². The first-order valence-corrected chi connectivity index (χ1v) is 7.44. The van der Waals surface area contributed by atoms with Crippen molar-refractivity contribution < 1.29 is 19.1 Å². The number of likely N-dealkylation sites (tertiary alicyclic amines) is 1. The molecule has 1 aliphatic heterocycles. The first-order valence-electron chi connectivity index (χ1n) is 7.06. The Morgan fingerprint density at radius 1 is 1.36 bits per heavy atom. The monoisotopic (exact) mass is 323 g/mol. The van der Waals surface area contributed by atoms with Crippen molar-refractivity contribution in [3.8, 4) is 0 Å². The minimum atomic E-state index is -1.18. The van der Waals surface area contributed by atoms with Crippen LogP contribution in [0.1, 0.15) is 26.5 Å². The number of furan rings is 1. The van der Waals surface area contributed by atoms with Gasteiger partial charge in [-0.15, -0.1) is 0 Å². The van der Waals surface area contributed by atoms with E-state index in [9.17, 15) is 9.90 Å². The molecule has 0 spiro atoms. The fraction of sp³-hybridized carbons (Fsp3) is 0.438. The summed E-state index contributed by atoms with van der Waals surface area (Å²) in [5.41, 5.74) is -1.08. The van der Waals surface area contributed by atoms with E-state index in [1.807, 2.05) is 0 Å². The van der Waals surface area contributed by atoms with E-state index in [4.69, 9.17) is 20.8 Å². The number of aliphatic hydroxyl groups is 1. The number of amides is 1. The van der Waals surface area contributed by atoms with E-state index < -0.39 is 17.3 Å². The molecule has 2 heterocycles. The minimum absolute atomic E-state index is 0.148. The summed E-state index contributed by atoms with van der Waals surface area (Å²) >= 11 is 5.94. The lowest BCUT2D eigenvalue weighted by molar-refractivity contribution is -0.114. The summed E-state index contributed by atoms with van der Waals surface area (Å²) in [6.07, 6.45) is -0.434. The van der Waals surface area contributed by atoms with Gasteiger partial charge in [-0.05, 0) is 45.0 Å². The number of hydrogen-bond acceptors (Lipinski definition) is 4. The molecule has 0 aliphatic carbocycles. The topological polar surface area (TPSA) is 62.9 Å². The van der Waals surface area contributed by atoms with Crippen LogP contribution in [-0.2, 0) is 10.3 Å². The number of carbonyl (C=O) groups is 1. The molecule has 1 fully saturated rings. The van der Waals surface area contributed by atoms with Crippen LogP contribution in [0.5, 0.6) is 0 Å². The second-order valence-corrected chi connectivity index (χ2v) is 7.10. The molecule has 2 aromatic rings. The van der Waals surface area contributed by atoms with Gasteiger partial charge in [0.15, 0.2) is 5.60 Å². The van der Waals surface area contributed by atoms with Crippen LogP contribution in [-0.4, -0.2) is 34.8 Å². The van der Waals surface area contributed by atoms with Crippen molar-refractivity contribution in [1.82, 2.24) is 4.90 Å². The number of halogens is 1. The first-order chi connectivity index (χ1) is 10.2. The first kappa shape index (κ1) is 15.2. The zero-order valence-electron chi connectivity index (χ0n) is 12.7. The number of ether oxygens (including phenoxy) is 1. The molecular weight excluding hydrogens is 306 g/mol. The Balaban J connectivity index is 1.74. The molecule has 1 aromatic carbocycles. The molecule has 118 valence electrons. The second kappa shape index (κ2) is 4.89. The summed E-state index contributed by atoms with van der Waals surface area (Å²) in [7, 11) is 0. The van der Waals surface area contributed by atoms with Gasteiger partial charge in [-0.3, -0.25) is 0 Å². The van der Waals surface area contributed by atoms with E-state index >= 15 is 0 Å². The highest BCUT2D eigenvalue weighted by Gasteiger charge is 2.48. The van der Waals surface area contributed by atoms with Crippen LogP contribution in [0.15, 0.2) is 28.7 Å². The number of β-amino-alcohol motifs (C(OH)–C–C–N with tert-alkyl or cyclic N) is 1. The maximum absolute atomic E-state index is 11.9. The van der Waals surface area contributed by atoms with Gasteiger partial charge in [-0.2, -0.15) is 0 Å². The lowest BCUT2D eigenvalue weighted by atomic mass is 9.91. The largest absolute Gasteiger partial charge is 0.458 e. The average Bonchev–Trinajstić information content (AvgIpc) is 2.75. The maximum atomic E-state index is 11.9. The molecule has 6 heteroatoms. The van der Waals surface area contributed by atoms with Gasteiger partial charge in [-0.1, -0.05) is 11.6 Å². The summed E-state index contributed by atoms with van der Waals surface area (Å²) < 4.78 is 10.9. The Morgan fingerprint density at radius 2 is 2.05 bits per heavy atom. The van der Waals surface area contributed by atoms with Gasteiger partial charge in [0.05, 0.1) is 13.1 Å². The van der Waals surface area contributed by atoms with Crippen molar-refractivity contribution in [2.75, 3.05) is 13.1 Å². The lowest BCUT2D eigenvalue weighted by Crippen LogP contribution is -2.61. The SMILES string of the molecule is CC(C)(C)OC(=O)N1CC(O)(c2cc3cc(Cl)ccc3o2)C1. The van der Waals surface area contributed by atoms with Crippen molar-refractivity contribution in [1.29, 1.82) is 0 Å². The molecule has 1 aromatic heterocycles. The van der Waals surface area contributed by atoms with Crippen LogP contribution >= 0.6 is 11.6 Å². The molecule has 1 N–H and O–H groups in total. The molecule has 0 bridgehead atoms. The Labute approximate surface area is 133 Å². The summed E-state index contributed by atoms with van der Waals surface area (Å²) in [6.45, 7) is 5.71. The van der Waals surface area contributed by atoms with Crippen molar-refractivity contribution in [3.05, 3.63) is 35.0 Å². The van der Waals surface area contributed by atoms with E-state index in [0.29, 0.717) is 16.4 Å². The van der Waals surface area contributed by atoms with Gasteiger partial charge < -0.3 is 19.2 Å². The quantitative estimate of drug-likeness (QED) is 0.872. The van der Waals surface area contributed by atoms with Crippen LogP contribution in [0.25, 0.3) is 11.0 Å². The third-order valence-electron chi connectivity index (χ3n) is 3.49. The van der Waals surface area contributed by atoms with E-state index in [1.54, 1.807) is 45.0 Å². The maximum Gasteiger partial charge on any atom is 0.410 e. The Bertz CT molecular complexity index is 725. The fourth-order valence-corrected chi connectivity index (χ4v) is 2.62. The van der Waals surface area contributed by atoms with Crippen molar-refractivity contribution in [3.63, 3.8) is 0 Å². The van der Waals surface area contributed by atoms with Crippen molar-refractivity contribution >= 4 is 28.7 Å². The molecule has 1 aliphatic rings. The van der Waals surface area contributed by atoms with Gasteiger partial charge >= 0.3 is 6.09 Å².